The molecule has 8 heteroatoms. The molecule has 0 radical (unpaired) electrons. The lowest BCUT2D eigenvalue weighted by Gasteiger charge is -2.29. The number of nitro benzene ring substituents is 1. The van der Waals surface area contributed by atoms with Crippen molar-refractivity contribution < 1.29 is 14.5 Å². The minimum atomic E-state index is -0.541. The van der Waals surface area contributed by atoms with Gasteiger partial charge in [0, 0.05) is 29.8 Å². The topological polar surface area (TPSA) is 93.5 Å². The van der Waals surface area contributed by atoms with Crippen LogP contribution in [0.2, 0.25) is 0 Å². The summed E-state index contributed by atoms with van der Waals surface area (Å²) in [5.41, 5.74) is 0.0962. The van der Waals surface area contributed by atoms with Crippen molar-refractivity contribution in [2.45, 2.75) is 43.8 Å². The molecule has 0 saturated carbocycles. The van der Waals surface area contributed by atoms with E-state index in [2.05, 4.69) is 10.6 Å². The number of amides is 1. The van der Waals surface area contributed by atoms with Crippen LogP contribution in [0.1, 0.15) is 36.0 Å². The quantitative estimate of drug-likeness (QED) is 0.645. The Kier molecular flexibility index (Phi) is 5.43. The van der Waals surface area contributed by atoms with E-state index in [1.165, 1.54) is 19.2 Å². The van der Waals surface area contributed by atoms with Crippen LogP contribution in [0.15, 0.2) is 18.2 Å². The van der Waals surface area contributed by atoms with Gasteiger partial charge in [-0.15, -0.1) is 12.4 Å². The second-order valence-electron chi connectivity index (χ2n) is 5.92. The molecule has 2 aliphatic rings. The summed E-state index contributed by atoms with van der Waals surface area (Å²) in [7, 11) is 1.37. The Morgan fingerprint density at radius 3 is 2.57 bits per heavy atom. The zero-order valence-electron chi connectivity index (χ0n) is 12.8. The number of nitro groups is 1. The van der Waals surface area contributed by atoms with Gasteiger partial charge < -0.3 is 15.4 Å². The highest BCUT2D eigenvalue weighted by Crippen LogP contribution is 2.29. The van der Waals surface area contributed by atoms with Crippen LogP contribution in [0, 0.1) is 10.1 Å². The van der Waals surface area contributed by atoms with Gasteiger partial charge in [0.05, 0.1) is 12.0 Å². The normalized spacial score (nSPS) is 25.3. The maximum Gasteiger partial charge on any atom is 0.311 e. The molecule has 0 spiro atoms. The summed E-state index contributed by atoms with van der Waals surface area (Å²) in [5, 5.41) is 17.5. The summed E-state index contributed by atoms with van der Waals surface area (Å²) in [6.45, 7) is 0. The standard InChI is InChI=1S/C15H19N3O4.ClH/c1-22-14-5-2-9(6-13(14)18(20)21)15(19)17-12-7-10-3-4-11(8-12)16-10;/h2,5-6,10-12,16H,3-4,7-8H2,1H3,(H,17,19);1H. The van der Waals surface area contributed by atoms with Gasteiger partial charge in [0.15, 0.2) is 5.75 Å². The Labute approximate surface area is 140 Å². The average molecular weight is 342 g/mol. The van der Waals surface area contributed by atoms with E-state index < -0.39 is 4.92 Å². The molecule has 7 nitrogen and oxygen atoms in total. The molecule has 2 fully saturated rings. The number of carbonyl (C=O) groups is 1. The Morgan fingerprint density at radius 2 is 2.00 bits per heavy atom. The number of benzene rings is 1. The van der Waals surface area contributed by atoms with Gasteiger partial charge in [0.25, 0.3) is 5.91 Å². The summed E-state index contributed by atoms with van der Waals surface area (Å²) in [4.78, 5) is 22.8. The summed E-state index contributed by atoms with van der Waals surface area (Å²) < 4.78 is 4.95. The first-order chi connectivity index (χ1) is 10.6. The third-order valence-corrected chi connectivity index (χ3v) is 4.45. The molecule has 2 heterocycles. The third kappa shape index (κ3) is 3.73. The van der Waals surface area contributed by atoms with Crippen molar-refractivity contribution >= 4 is 24.0 Å². The van der Waals surface area contributed by atoms with E-state index in [0.29, 0.717) is 17.6 Å². The molecule has 1 amide bonds. The SMILES string of the molecule is COc1ccc(C(=O)NC2CC3CCC(C2)N3)cc1[N+](=O)[O-].Cl. The molecular formula is C15H20ClN3O4. The first-order valence-electron chi connectivity index (χ1n) is 7.46. The number of hydrogen-bond acceptors (Lipinski definition) is 5. The van der Waals surface area contributed by atoms with Crippen molar-refractivity contribution in [2.24, 2.45) is 0 Å². The first-order valence-corrected chi connectivity index (χ1v) is 7.46. The van der Waals surface area contributed by atoms with Crippen LogP contribution in [-0.2, 0) is 0 Å². The molecule has 1 aromatic rings. The molecule has 3 rings (SSSR count). The Morgan fingerprint density at radius 1 is 1.35 bits per heavy atom. The molecule has 0 aliphatic carbocycles. The van der Waals surface area contributed by atoms with Crippen molar-refractivity contribution in [2.75, 3.05) is 7.11 Å². The van der Waals surface area contributed by atoms with Crippen molar-refractivity contribution in [3.63, 3.8) is 0 Å². The number of ether oxygens (including phenoxy) is 1. The minimum Gasteiger partial charge on any atom is -0.490 e. The molecule has 0 aromatic heterocycles. The zero-order chi connectivity index (χ0) is 15.7. The monoisotopic (exact) mass is 341 g/mol. The highest BCUT2D eigenvalue weighted by atomic mass is 35.5. The lowest BCUT2D eigenvalue weighted by Crippen LogP contribution is -2.48. The molecule has 2 bridgehead atoms. The fourth-order valence-electron chi connectivity index (χ4n) is 3.42. The van der Waals surface area contributed by atoms with E-state index in [1.54, 1.807) is 6.07 Å². The number of rotatable bonds is 4. The highest BCUT2D eigenvalue weighted by molar-refractivity contribution is 5.95. The molecule has 23 heavy (non-hydrogen) atoms. The molecule has 2 unspecified atom stereocenters. The Balaban J connectivity index is 0.00000192. The van der Waals surface area contributed by atoms with E-state index in [1.807, 2.05) is 0 Å². The van der Waals surface area contributed by atoms with Gasteiger partial charge in [-0.05, 0) is 37.8 Å². The van der Waals surface area contributed by atoms with Crippen LogP contribution in [0.25, 0.3) is 0 Å². The van der Waals surface area contributed by atoms with Crippen LogP contribution in [-0.4, -0.2) is 36.1 Å². The second kappa shape index (κ2) is 7.14. The maximum absolute atomic E-state index is 12.3. The highest BCUT2D eigenvalue weighted by Gasteiger charge is 2.34. The van der Waals surface area contributed by atoms with Crippen LogP contribution in [0.3, 0.4) is 0 Å². The number of carbonyl (C=O) groups excluding carboxylic acids is 1. The smallest absolute Gasteiger partial charge is 0.311 e. The molecule has 2 N–H and O–H groups in total. The molecule has 2 atom stereocenters. The van der Waals surface area contributed by atoms with E-state index >= 15 is 0 Å². The van der Waals surface area contributed by atoms with Gasteiger partial charge in [-0.2, -0.15) is 0 Å². The largest absolute Gasteiger partial charge is 0.490 e. The van der Waals surface area contributed by atoms with Gasteiger partial charge in [0.2, 0.25) is 0 Å². The van der Waals surface area contributed by atoms with Gasteiger partial charge in [0.1, 0.15) is 0 Å². The number of hydrogen-bond donors (Lipinski definition) is 2. The van der Waals surface area contributed by atoms with E-state index in [-0.39, 0.29) is 35.8 Å². The van der Waals surface area contributed by atoms with Crippen molar-refractivity contribution in [3.05, 3.63) is 33.9 Å². The number of fused-ring (bicyclic) bond motifs is 2. The summed E-state index contributed by atoms with van der Waals surface area (Å²) >= 11 is 0. The zero-order valence-corrected chi connectivity index (χ0v) is 13.6. The number of halogens is 1. The van der Waals surface area contributed by atoms with E-state index in [0.717, 1.165) is 25.7 Å². The summed E-state index contributed by atoms with van der Waals surface area (Å²) in [5.74, 6) is -0.112. The number of nitrogens with zero attached hydrogens (tertiary/aromatic N) is 1. The molecular weight excluding hydrogens is 322 g/mol. The molecule has 2 saturated heterocycles. The van der Waals surface area contributed by atoms with Crippen molar-refractivity contribution in [1.29, 1.82) is 0 Å². The number of methoxy groups -OCH3 is 1. The van der Waals surface area contributed by atoms with E-state index in [9.17, 15) is 14.9 Å². The van der Waals surface area contributed by atoms with Crippen LogP contribution < -0.4 is 15.4 Å². The minimum absolute atomic E-state index is 0. The fourth-order valence-corrected chi connectivity index (χ4v) is 3.42. The van der Waals surface area contributed by atoms with Crippen LogP contribution >= 0.6 is 12.4 Å². The lowest BCUT2D eigenvalue weighted by atomic mass is 9.99. The third-order valence-electron chi connectivity index (χ3n) is 4.45. The Bertz CT molecular complexity index is 598. The average Bonchev–Trinajstić information content (AvgIpc) is 2.85. The molecule has 2 aliphatic heterocycles. The number of piperidine rings is 1. The second-order valence-corrected chi connectivity index (χ2v) is 5.92. The Hall–Kier alpha value is -1.86. The maximum atomic E-state index is 12.3. The van der Waals surface area contributed by atoms with E-state index in [4.69, 9.17) is 4.74 Å². The first kappa shape index (κ1) is 17.5. The van der Waals surface area contributed by atoms with Gasteiger partial charge in [-0.25, -0.2) is 0 Å². The number of nitrogens with one attached hydrogen (secondary N) is 2. The molecule has 126 valence electrons. The fraction of sp³-hybridized carbons (Fsp3) is 0.533. The predicted octanol–water partition coefficient (Wildman–Crippen LogP) is 2.04. The van der Waals surface area contributed by atoms with Crippen molar-refractivity contribution in [1.82, 2.24) is 10.6 Å². The van der Waals surface area contributed by atoms with Gasteiger partial charge >= 0.3 is 5.69 Å². The summed E-state index contributed by atoms with van der Waals surface area (Å²) in [6, 6.07) is 5.37. The van der Waals surface area contributed by atoms with Crippen molar-refractivity contribution in [3.8, 4) is 5.75 Å². The van der Waals surface area contributed by atoms with Crippen LogP contribution in [0.5, 0.6) is 5.75 Å². The van der Waals surface area contributed by atoms with Crippen LogP contribution in [0.4, 0.5) is 5.69 Å². The predicted molar refractivity (Wildman–Crippen MR) is 87.3 cm³/mol. The van der Waals surface area contributed by atoms with Gasteiger partial charge in [-0.3, -0.25) is 14.9 Å². The molecule has 1 aromatic carbocycles. The lowest BCUT2D eigenvalue weighted by molar-refractivity contribution is -0.385. The van der Waals surface area contributed by atoms with Gasteiger partial charge in [-0.1, -0.05) is 0 Å². The summed E-state index contributed by atoms with van der Waals surface area (Å²) in [6.07, 6.45) is 4.15.